The fourth-order valence-electron chi connectivity index (χ4n) is 2.40. The molecule has 1 heterocycles. The van der Waals surface area contributed by atoms with Crippen LogP contribution in [0.3, 0.4) is 0 Å². The number of H-pyrrole nitrogens is 1. The van der Waals surface area contributed by atoms with Crippen molar-refractivity contribution in [2.24, 2.45) is 0 Å². The van der Waals surface area contributed by atoms with Crippen LogP contribution in [0, 0.1) is 0 Å². The van der Waals surface area contributed by atoms with Crippen molar-refractivity contribution in [1.29, 1.82) is 0 Å². The summed E-state index contributed by atoms with van der Waals surface area (Å²) in [5.74, 6) is -0.984. The number of aliphatic carboxylic acids is 1. The smallest absolute Gasteiger partial charge is 0.303 e. The van der Waals surface area contributed by atoms with Crippen molar-refractivity contribution in [2.75, 3.05) is 0 Å². The molecule has 2 aromatic rings. The molecule has 5 heteroatoms. The average Bonchev–Trinajstić information content (AvgIpc) is 2.84. The summed E-state index contributed by atoms with van der Waals surface area (Å²) in [7, 11) is 0. The van der Waals surface area contributed by atoms with Crippen molar-refractivity contribution >= 4 is 22.8 Å². The van der Waals surface area contributed by atoms with E-state index in [-0.39, 0.29) is 18.4 Å². The van der Waals surface area contributed by atoms with Crippen LogP contribution in [-0.4, -0.2) is 28.0 Å². The van der Waals surface area contributed by atoms with Crippen molar-refractivity contribution in [2.45, 2.75) is 32.2 Å². The molecule has 0 fully saturated rings. The van der Waals surface area contributed by atoms with Gasteiger partial charge in [-0.15, -0.1) is 0 Å². The SMILES string of the molecule is CC(=O)NC(CCC(=O)O)Cc1cccc2[nH]ccc12. The molecule has 5 nitrogen and oxygen atoms in total. The molecule has 1 aromatic carbocycles. The summed E-state index contributed by atoms with van der Waals surface area (Å²) < 4.78 is 0. The maximum Gasteiger partial charge on any atom is 0.303 e. The lowest BCUT2D eigenvalue weighted by molar-refractivity contribution is -0.137. The number of amides is 1. The quantitative estimate of drug-likeness (QED) is 0.754. The standard InChI is InChI=1S/C15H18N2O3/c1-10(18)17-12(5-6-15(19)20)9-11-3-2-4-14-13(11)7-8-16-14/h2-4,7-8,12,16H,5-6,9H2,1H3,(H,17,18)(H,19,20). The number of benzene rings is 1. The highest BCUT2D eigenvalue weighted by atomic mass is 16.4. The molecule has 0 saturated heterocycles. The van der Waals surface area contributed by atoms with Gasteiger partial charge in [0.2, 0.25) is 5.91 Å². The number of nitrogens with one attached hydrogen (secondary N) is 2. The highest BCUT2D eigenvalue weighted by Gasteiger charge is 2.14. The van der Waals surface area contributed by atoms with E-state index in [1.165, 1.54) is 6.92 Å². The zero-order valence-corrected chi connectivity index (χ0v) is 11.3. The summed E-state index contributed by atoms with van der Waals surface area (Å²) in [5.41, 5.74) is 2.15. The van der Waals surface area contributed by atoms with Crippen LogP contribution >= 0.6 is 0 Å². The Hall–Kier alpha value is -2.30. The molecule has 1 amide bonds. The van der Waals surface area contributed by atoms with E-state index in [4.69, 9.17) is 5.11 Å². The first-order valence-electron chi connectivity index (χ1n) is 6.60. The summed E-state index contributed by atoms with van der Waals surface area (Å²) in [6.45, 7) is 1.45. The van der Waals surface area contributed by atoms with Crippen molar-refractivity contribution in [3.8, 4) is 0 Å². The highest BCUT2D eigenvalue weighted by Crippen LogP contribution is 2.19. The third kappa shape index (κ3) is 3.60. The number of carboxylic acid groups (broad SMARTS) is 1. The number of hydrogen-bond donors (Lipinski definition) is 3. The van der Waals surface area contributed by atoms with Gasteiger partial charge in [0.25, 0.3) is 0 Å². The Kier molecular flexibility index (Phi) is 4.40. The minimum absolute atomic E-state index is 0.0497. The van der Waals surface area contributed by atoms with Crippen LogP contribution < -0.4 is 5.32 Å². The number of carboxylic acids is 1. The number of rotatable bonds is 6. The Morgan fingerprint density at radius 3 is 2.85 bits per heavy atom. The van der Waals surface area contributed by atoms with Gasteiger partial charge >= 0.3 is 5.97 Å². The lowest BCUT2D eigenvalue weighted by Crippen LogP contribution is -2.35. The topological polar surface area (TPSA) is 82.2 Å². The molecule has 3 N–H and O–H groups in total. The fourth-order valence-corrected chi connectivity index (χ4v) is 2.40. The van der Waals surface area contributed by atoms with Crippen LogP contribution in [0.2, 0.25) is 0 Å². The van der Waals surface area contributed by atoms with Crippen molar-refractivity contribution in [3.05, 3.63) is 36.0 Å². The zero-order valence-electron chi connectivity index (χ0n) is 11.3. The third-order valence-electron chi connectivity index (χ3n) is 3.27. The molecule has 106 valence electrons. The van der Waals surface area contributed by atoms with Crippen molar-refractivity contribution in [1.82, 2.24) is 10.3 Å². The second kappa shape index (κ2) is 6.23. The van der Waals surface area contributed by atoms with Gasteiger partial charge in [-0.25, -0.2) is 0 Å². The Balaban J connectivity index is 2.15. The van der Waals surface area contributed by atoms with E-state index in [9.17, 15) is 9.59 Å². The van der Waals surface area contributed by atoms with E-state index in [1.807, 2.05) is 30.5 Å². The van der Waals surface area contributed by atoms with Gasteiger partial charge in [0, 0.05) is 36.5 Å². The van der Waals surface area contributed by atoms with Crippen LogP contribution in [0.15, 0.2) is 30.5 Å². The normalized spacial score (nSPS) is 12.2. The fraction of sp³-hybridized carbons (Fsp3) is 0.333. The average molecular weight is 274 g/mol. The molecule has 1 aromatic heterocycles. The van der Waals surface area contributed by atoms with Gasteiger partial charge in [-0.3, -0.25) is 9.59 Å². The van der Waals surface area contributed by atoms with Crippen molar-refractivity contribution in [3.63, 3.8) is 0 Å². The first-order chi connectivity index (χ1) is 9.56. The van der Waals surface area contributed by atoms with Crippen LogP contribution in [0.5, 0.6) is 0 Å². The maximum atomic E-state index is 11.2. The van der Waals surface area contributed by atoms with Crippen LogP contribution in [0.1, 0.15) is 25.3 Å². The Labute approximate surface area is 117 Å². The predicted molar refractivity (Wildman–Crippen MR) is 76.5 cm³/mol. The summed E-state index contributed by atoms with van der Waals surface area (Å²) in [4.78, 5) is 25.1. The molecule has 0 aliphatic rings. The van der Waals surface area contributed by atoms with Gasteiger partial charge in [-0.1, -0.05) is 12.1 Å². The summed E-state index contributed by atoms with van der Waals surface area (Å²) in [6.07, 6.45) is 2.98. The van der Waals surface area contributed by atoms with E-state index in [0.29, 0.717) is 12.8 Å². The van der Waals surface area contributed by atoms with Crippen LogP contribution in [0.25, 0.3) is 10.9 Å². The molecule has 2 rings (SSSR count). The van der Waals surface area contributed by atoms with E-state index in [1.54, 1.807) is 0 Å². The molecule has 0 aliphatic carbocycles. The first-order valence-corrected chi connectivity index (χ1v) is 6.60. The predicted octanol–water partition coefficient (Wildman–Crippen LogP) is 2.08. The van der Waals surface area contributed by atoms with E-state index >= 15 is 0 Å². The van der Waals surface area contributed by atoms with Gasteiger partial charge in [0.15, 0.2) is 0 Å². The second-order valence-corrected chi connectivity index (χ2v) is 4.89. The molecule has 0 bridgehead atoms. The van der Waals surface area contributed by atoms with Crippen molar-refractivity contribution < 1.29 is 14.7 Å². The molecule has 0 saturated carbocycles. The molecule has 1 atom stereocenters. The Bertz CT molecular complexity index is 618. The summed E-state index contributed by atoms with van der Waals surface area (Å²) >= 11 is 0. The number of fused-ring (bicyclic) bond motifs is 1. The van der Waals surface area contributed by atoms with Gasteiger partial charge in [0.05, 0.1) is 0 Å². The maximum absolute atomic E-state index is 11.2. The monoisotopic (exact) mass is 274 g/mol. The first kappa shape index (κ1) is 14.1. The molecular formula is C15H18N2O3. The molecule has 1 unspecified atom stereocenters. The van der Waals surface area contributed by atoms with Gasteiger partial charge in [-0.05, 0) is 30.5 Å². The Morgan fingerprint density at radius 2 is 2.15 bits per heavy atom. The number of carbonyl (C=O) groups excluding carboxylic acids is 1. The van der Waals surface area contributed by atoms with E-state index < -0.39 is 5.97 Å². The highest BCUT2D eigenvalue weighted by molar-refractivity contribution is 5.83. The lowest BCUT2D eigenvalue weighted by atomic mass is 9.99. The Morgan fingerprint density at radius 1 is 1.35 bits per heavy atom. The van der Waals surface area contributed by atoms with E-state index in [0.717, 1.165) is 16.5 Å². The van der Waals surface area contributed by atoms with Gasteiger partial charge < -0.3 is 15.4 Å². The summed E-state index contributed by atoms with van der Waals surface area (Å²) in [6, 6.07) is 7.78. The largest absolute Gasteiger partial charge is 0.481 e. The molecule has 0 spiro atoms. The van der Waals surface area contributed by atoms with Gasteiger partial charge in [-0.2, -0.15) is 0 Å². The second-order valence-electron chi connectivity index (χ2n) is 4.89. The number of hydrogen-bond acceptors (Lipinski definition) is 2. The zero-order chi connectivity index (χ0) is 14.5. The van der Waals surface area contributed by atoms with Crippen LogP contribution in [0.4, 0.5) is 0 Å². The molecule has 0 radical (unpaired) electrons. The molecule has 0 aliphatic heterocycles. The lowest BCUT2D eigenvalue weighted by Gasteiger charge is -2.17. The molecule has 20 heavy (non-hydrogen) atoms. The minimum atomic E-state index is -0.847. The minimum Gasteiger partial charge on any atom is -0.481 e. The number of aromatic amines is 1. The number of aromatic nitrogens is 1. The molecular weight excluding hydrogens is 256 g/mol. The van der Waals surface area contributed by atoms with Gasteiger partial charge in [0.1, 0.15) is 0 Å². The van der Waals surface area contributed by atoms with E-state index in [2.05, 4.69) is 10.3 Å². The third-order valence-corrected chi connectivity index (χ3v) is 3.27. The number of carbonyl (C=O) groups is 2. The van der Waals surface area contributed by atoms with Crippen LogP contribution in [-0.2, 0) is 16.0 Å². The summed E-state index contributed by atoms with van der Waals surface area (Å²) in [5, 5.41) is 12.7.